The third-order valence-corrected chi connectivity index (χ3v) is 6.44. The number of benzene rings is 2. The molecule has 2 fully saturated rings. The van der Waals surface area contributed by atoms with Crippen LogP contribution in [-0.2, 0) is 17.6 Å². The standard InChI is InChI=1S/C26H31NO4/c1-2-17-6-8-18(9-7-17)10-19-11-20(25-14-21(29)13-23(16-28)31-25)12-26(24(19)15-27)30-22-4-3-5-22/h6-9,11-12,21-23,25,28-29H,2-5,10,13-14,16H2,1H3/t21-,23-,25+/m0/s1. The van der Waals surface area contributed by atoms with Crippen LogP contribution in [0.25, 0.3) is 0 Å². The van der Waals surface area contributed by atoms with Crippen LogP contribution < -0.4 is 4.74 Å². The maximum Gasteiger partial charge on any atom is 0.138 e. The van der Waals surface area contributed by atoms with Crippen LogP contribution in [0.15, 0.2) is 36.4 Å². The van der Waals surface area contributed by atoms with Crippen molar-refractivity contribution < 1.29 is 19.7 Å². The van der Waals surface area contributed by atoms with Gasteiger partial charge in [-0.05, 0) is 60.4 Å². The molecule has 2 aromatic rings. The van der Waals surface area contributed by atoms with Gasteiger partial charge < -0.3 is 19.7 Å². The monoisotopic (exact) mass is 421 g/mol. The van der Waals surface area contributed by atoms with Crippen LogP contribution in [0.2, 0.25) is 0 Å². The summed E-state index contributed by atoms with van der Waals surface area (Å²) < 4.78 is 12.3. The number of rotatable bonds is 7. The topological polar surface area (TPSA) is 82.7 Å². The number of aliphatic hydroxyl groups excluding tert-OH is 2. The van der Waals surface area contributed by atoms with Crippen molar-refractivity contribution in [1.29, 1.82) is 5.26 Å². The Balaban J connectivity index is 1.69. The van der Waals surface area contributed by atoms with Crippen LogP contribution >= 0.6 is 0 Å². The quantitative estimate of drug-likeness (QED) is 0.700. The van der Waals surface area contributed by atoms with Gasteiger partial charge in [0, 0.05) is 12.8 Å². The Morgan fingerprint density at radius 1 is 1.13 bits per heavy atom. The SMILES string of the molecule is CCc1ccc(Cc2cc([C@H]3C[C@@H](O)C[C@@H](CO)O3)cc(OC3CCC3)c2C#N)cc1. The van der Waals surface area contributed by atoms with Gasteiger partial charge in [0.1, 0.15) is 11.8 Å². The zero-order valence-electron chi connectivity index (χ0n) is 18.1. The first-order valence-electron chi connectivity index (χ1n) is 11.3. The number of nitrogens with zero attached hydrogens (tertiary/aromatic N) is 1. The Labute approximate surface area is 184 Å². The molecule has 2 aromatic carbocycles. The second-order valence-corrected chi connectivity index (χ2v) is 8.74. The Hall–Kier alpha value is -2.39. The minimum atomic E-state index is -0.521. The van der Waals surface area contributed by atoms with E-state index >= 15 is 0 Å². The molecular formula is C26H31NO4. The van der Waals surface area contributed by atoms with Gasteiger partial charge in [0.05, 0.1) is 36.6 Å². The van der Waals surface area contributed by atoms with Gasteiger partial charge in [-0.1, -0.05) is 37.3 Å². The molecule has 1 saturated carbocycles. The highest BCUT2D eigenvalue weighted by Gasteiger charge is 2.31. The minimum Gasteiger partial charge on any atom is -0.489 e. The lowest BCUT2D eigenvalue weighted by Gasteiger charge is -2.33. The molecule has 1 aliphatic carbocycles. The smallest absolute Gasteiger partial charge is 0.138 e. The van der Waals surface area contributed by atoms with Crippen molar-refractivity contribution in [2.45, 2.75) is 76.3 Å². The summed E-state index contributed by atoms with van der Waals surface area (Å²) in [4.78, 5) is 0. The van der Waals surface area contributed by atoms with Gasteiger partial charge >= 0.3 is 0 Å². The summed E-state index contributed by atoms with van der Waals surface area (Å²) in [7, 11) is 0. The predicted molar refractivity (Wildman–Crippen MR) is 118 cm³/mol. The number of hydrogen-bond acceptors (Lipinski definition) is 5. The van der Waals surface area contributed by atoms with E-state index in [9.17, 15) is 15.5 Å². The molecule has 0 bridgehead atoms. The van der Waals surface area contributed by atoms with Crippen molar-refractivity contribution in [2.24, 2.45) is 0 Å². The number of ether oxygens (including phenoxy) is 2. The fraction of sp³-hybridized carbons (Fsp3) is 0.500. The average Bonchev–Trinajstić information content (AvgIpc) is 2.76. The third kappa shape index (κ3) is 5.10. The summed E-state index contributed by atoms with van der Waals surface area (Å²) in [6.45, 7) is 2.01. The summed E-state index contributed by atoms with van der Waals surface area (Å²) in [5.41, 5.74) is 4.80. The molecular weight excluding hydrogens is 390 g/mol. The molecule has 2 aliphatic rings. The molecule has 5 heteroatoms. The summed E-state index contributed by atoms with van der Waals surface area (Å²) in [6.07, 6.45) is 4.60. The van der Waals surface area contributed by atoms with E-state index in [0.29, 0.717) is 30.6 Å². The number of aryl methyl sites for hydroxylation is 1. The fourth-order valence-electron chi connectivity index (χ4n) is 4.35. The first-order valence-corrected chi connectivity index (χ1v) is 11.3. The lowest BCUT2D eigenvalue weighted by Crippen LogP contribution is -2.33. The highest BCUT2D eigenvalue weighted by Crippen LogP contribution is 2.37. The Kier molecular flexibility index (Phi) is 6.92. The molecule has 1 saturated heterocycles. The van der Waals surface area contributed by atoms with Crippen LogP contribution in [0, 0.1) is 11.3 Å². The molecule has 5 nitrogen and oxygen atoms in total. The summed E-state index contributed by atoms with van der Waals surface area (Å²) in [5.74, 6) is 0.606. The molecule has 3 atom stereocenters. The number of hydrogen-bond donors (Lipinski definition) is 2. The molecule has 1 aliphatic heterocycles. The van der Waals surface area contributed by atoms with Crippen molar-refractivity contribution in [3.63, 3.8) is 0 Å². The van der Waals surface area contributed by atoms with Crippen molar-refractivity contribution in [1.82, 2.24) is 0 Å². The average molecular weight is 422 g/mol. The van der Waals surface area contributed by atoms with Crippen molar-refractivity contribution in [3.05, 3.63) is 64.2 Å². The van der Waals surface area contributed by atoms with Crippen molar-refractivity contribution in [3.8, 4) is 11.8 Å². The van der Waals surface area contributed by atoms with E-state index in [-0.39, 0.29) is 24.9 Å². The van der Waals surface area contributed by atoms with E-state index in [1.165, 1.54) is 5.56 Å². The molecule has 0 aromatic heterocycles. The van der Waals surface area contributed by atoms with E-state index in [1.807, 2.05) is 12.1 Å². The largest absolute Gasteiger partial charge is 0.489 e. The zero-order valence-corrected chi connectivity index (χ0v) is 18.1. The molecule has 164 valence electrons. The lowest BCUT2D eigenvalue weighted by molar-refractivity contribution is -0.113. The minimum absolute atomic E-state index is 0.119. The maximum atomic E-state index is 10.3. The Bertz CT molecular complexity index is 930. The predicted octanol–water partition coefficient (Wildman–Crippen LogP) is 4.22. The number of nitriles is 1. The second kappa shape index (κ2) is 9.82. The summed E-state index contributed by atoms with van der Waals surface area (Å²) in [5, 5.41) is 29.8. The highest BCUT2D eigenvalue weighted by atomic mass is 16.5. The maximum absolute atomic E-state index is 10.3. The van der Waals surface area contributed by atoms with Crippen LogP contribution in [-0.4, -0.2) is 35.1 Å². The van der Waals surface area contributed by atoms with E-state index in [1.54, 1.807) is 0 Å². The van der Waals surface area contributed by atoms with E-state index < -0.39 is 6.10 Å². The third-order valence-electron chi connectivity index (χ3n) is 6.44. The van der Waals surface area contributed by atoms with Gasteiger partial charge in [-0.3, -0.25) is 0 Å². The van der Waals surface area contributed by atoms with E-state index in [4.69, 9.17) is 9.47 Å². The van der Waals surface area contributed by atoms with E-state index in [0.717, 1.165) is 42.4 Å². The van der Waals surface area contributed by atoms with Crippen LogP contribution in [0.4, 0.5) is 0 Å². The molecule has 4 rings (SSSR count). The molecule has 1 heterocycles. The number of aliphatic hydroxyl groups is 2. The van der Waals surface area contributed by atoms with Crippen molar-refractivity contribution >= 4 is 0 Å². The van der Waals surface area contributed by atoms with Gasteiger partial charge in [0.15, 0.2) is 0 Å². The lowest BCUT2D eigenvalue weighted by atomic mass is 9.90. The molecule has 0 spiro atoms. The van der Waals surface area contributed by atoms with Crippen LogP contribution in [0.1, 0.15) is 72.9 Å². The molecule has 2 N–H and O–H groups in total. The van der Waals surface area contributed by atoms with Crippen LogP contribution in [0.3, 0.4) is 0 Å². The Morgan fingerprint density at radius 2 is 1.87 bits per heavy atom. The molecule has 0 radical (unpaired) electrons. The van der Waals surface area contributed by atoms with Gasteiger partial charge in [0.2, 0.25) is 0 Å². The van der Waals surface area contributed by atoms with Crippen LogP contribution in [0.5, 0.6) is 5.75 Å². The highest BCUT2D eigenvalue weighted by molar-refractivity contribution is 5.53. The molecule has 31 heavy (non-hydrogen) atoms. The second-order valence-electron chi connectivity index (χ2n) is 8.74. The van der Waals surface area contributed by atoms with Gasteiger partial charge in [-0.25, -0.2) is 0 Å². The fourth-order valence-corrected chi connectivity index (χ4v) is 4.35. The zero-order chi connectivity index (χ0) is 21.8. The van der Waals surface area contributed by atoms with Gasteiger partial charge in [-0.15, -0.1) is 0 Å². The summed E-state index contributed by atoms with van der Waals surface area (Å²) >= 11 is 0. The first kappa shape index (κ1) is 21.8. The Morgan fingerprint density at radius 3 is 2.48 bits per heavy atom. The van der Waals surface area contributed by atoms with Crippen molar-refractivity contribution in [2.75, 3.05) is 6.61 Å². The first-order chi connectivity index (χ1) is 15.1. The molecule has 0 unspecified atom stereocenters. The van der Waals surface area contributed by atoms with Gasteiger partial charge in [-0.2, -0.15) is 5.26 Å². The van der Waals surface area contributed by atoms with Gasteiger partial charge in [0.25, 0.3) is 0 Å². The normalized spacial score (nSPS) is 23.7. The van der Waals surface area contributed by atoms with E-state index in [2.05, 4.69) is 37.3 Å². The summed E-state index contributed by atoms with van der Waals surface area (Å²) in [6, 6.07) is 14.8. The molecule has 0 amide bonds.